The van der Waals surface area contributed by atoms with Gasteiger partial charge in [-0.05, 0) is 12.5 Å². The fourth-order valence-electron chi connectivity index (χ4n) is 0.900. The maximum absolute atomic E-state index is 11.5. The smallest absolute Gasteiger partial charge is 0.271 e. The molecule has 7 heteroatoms. The second-order valence-electron chi connectivity index (χ2n) is 2.67. The molecule has 1 heterocycles. The van der Waals surface area contributed by atoms with Crippen LogP contribution in [-0.2, 0) is 0 Å². The number of rotatable bonds is 2. The summed E-state index contributed by atoms with van der Waals surface area (Å²) in [5, 5.41) is 14.7. The van der Waals surface area contributed by atoms with Crippen LogP contribution in [0, 0.1) is 5.21 Å². The molecule has 0 bridgehead atoms. The lowest BCUT2D eigenvalue weighted by atomic mass is 10.3. The fraction of sp³-hybridized carbons (Fsp3) is 0.222. The van der Waals surface area contributed by atoms with Gasteiger partial charge in [0.05, 0.1) is 5.56 Å². The highest BCUT2D eigenvalue weighted by molar-refractivity contribution is 8.38. The van der Waals surface area contributed by atoms with Crippen molar-refractivity contribution >= 4 is 33.8 Å². The predicted octanol–water partition coefficient (Wildman–Crippen LogP) is 1.05. The SMILES string of the molecule is CSC(=NNC(=O)c1cc[n+]([O-])cc1)SC. The number of nitrogens with zero attached hydrogens (tertiary/aromatic N) is 2. The second-order valence-corrected chi connectivity index (χ2v) is 4.52. The van der Waals surface area contributed by atoms with Crippen molar-refractivity contribution in [3.8, 4) is 0 Å². The van der Waals surface area contributed by atoms with Gasteiger partial charge in [0.2, 0.25) is 0 Å². The van der Waals surface area contributed by atoms with Gasteiger partial charge in [-0.2, -0.15) is 9.83 Å². The van der Waals surface area contributed by atoms with E-state index in [1.807, 2.05) is 12.5 Å². The summed E-state index contributed by atoms with van der Waals surface area (Å²) in [7, 11) is 0. The highest BCUT2D eigenvalue weighted by Crippen LogP contribution is 2.09. The molecule has 0 spiro atoms. The van der Waals surface area contributed by atoms with Crippen molar-refractivity contribution in [2.75, 3.05) is 12.5 Å². The standard InChI is InChI=1S/C9H11N3O2S2/c1-15-9(16-2)11-10-8(13)7-3-5-12(14)6-4-7/h3-6H,1-2H3,(H,10,13). The number of carbonyl (C=O) groups is 1. The van der Waals surface area contributed by atoms with E-state index in [2.05, 4.69) is 10.5 Å². The first-order chi connectivity index (χ1) is 7.67. The molecule has 0 aromatic carbocycles. The Labute approximate surface area is 102 Å². The average molecular weight is 257 g/mol. The number of hydrogen-bond acceptors (Lipinski definition) is 5. The maximum Gasteiger partial charge on any atom is 0.271 e. The van der Waals surface area contributed by atoms with E-state index in [0.717, 1.165) is 4.38 Å². The van der Waals surface area contributed by atoms with E-state index < -0.39 is 0 Å². The van der Waals surface area contributed by atoms with E-state index in [-0.39, 0.29) is 5.91 Å². The molecular weight excluding hydrogens is 246 g/mol. The van der Waals surface area contributed by atoms with Gasteiger partial charge in [0.25, 0.3) is 5.91 Å². The van der Waals surface area contributed by atoms with Crippen LogP contribution in [0.25, 0.3) is 0 Å². The number of pyridine rings is 1. The van der Waals surface area contributed by atoms with Crippen molar-refractivity contribution in [2.45, 2.75) is 0 Å². The molecule has 5 nitrogen and oxygen atoms in total. The molecule has 0 saturated heterocycles. The molecule has 0 saturated carbocycles. The van der Waals surface area contributed by atoms with Crippen molar-refractivity contribution < 1.29 is 9.52 Å². The molecule has 0 aliphatic heterocycles. The van der Waals surface area contributed by atoms with Gasteiger partial charge in [-0.15, -0.1) is 23.5 Å². The van der Waals surface area contributed by atoms with Crippen LogP contribution in [0.3, 0.4) is 0 Å². The molecule has 1 N–H and O–H groups in total. The number of nitrogens with one attached hydrogen (secondary N) is 1. The van der Waals surface area contributed by atoms with Gasteiger partial charge in [-0.25, -0.2) is 5.43 Å². The minimum absolute atomic E-state index is 0.332. The molecule has 0 aliphatic carbocycles. The number of thioether (sulfide) groups is 2. The van der Waals surface area contributed by atoms with Gasteiger partial charge in [-0.3, -0.25) is 4.79 Å². The lowest BCUT2D eigenvalue weighted by Gasteiger charge is -2.01. The predicted molar refractivity (Wildman–Crippen MR) is 67.3 cm³/mol. The molecule has 0 atom stereocenters. The van der Waals surface area contributed by atoms with Crippen molar-refractivity contribution in [1.82, 2.24) is 5.43 Å². The number of aromatic nitrogens is 1. The third-order valence-corrected chi connectivity index (χ3v) is 3.54. The average Bonchev–Trinajstić information content (AvgIpc) is 2.31. The van der Waals surface area contributed by atoms with Crippen LogP contribution in [0.4, 0.5) is 0 Å². The van der Waals surface area contributed by atoms with Gasteiger partial charge in [0.1, 0.15) is 4.38 Å². The second kappa shape index (κ2) is 6.39. The van der Waals surface area contributed by atoms with Gasteiger partial charge < -0.3 is 5.21 Å². The van der Waals surface area contributed by atoms with Crippen LogP contribution in [0.5, 0.6) is 0 Å². The largest absolute Gasteiger partial charge is 0.619 e. The van der Waals surface area contributed by atoms with Crippen molar-refractivity contribution in [3.05, 3.63) is 35.3 Å². The van der Waals surface area contributed by atoms with Gasteiger partial charge >= 0.3 is 0 Å². The van der Waals surface area contributed by atoms with Gasteiger partial charge in [-0.1, -0.05) is 0 Å². The summed E-state index contributed by atoms with van der Waals surface area (Å²) >= 11 is 2.91. The van der Waals surface area contributed by atoms with Crippen LogP contribution in [0.2, 0.25) is 0 Å². The first kappa shape index (κ1) is 12.9. The minimum Gasteiger partial charge on any atom is -0.619 e. The number of hydrogen-bond donors (Lipinski definition) is 1. The van der Waals surface area contributed by atoms with Crippen molar-refractivity contribution in [2.24, 2.45) is 5.10 Å². The summed E-state index contributed by atoms with van der Waals surface area (Å²) in [4.78, 5) is 11.5. The third kappa shape index (κ3) is 3.74. The lowest BCUT2D eigenvalue weighted by molar-refractivity contribution is -0.605. The summed E-state index contributed by atoms with van der Waals surface area (Å²) in [5.74, 6) is -0.332. The van der Waals surface area contributed by atoms with Crippen LogP contribution in [-0.4, -0.2) is 22.8 Å². The van der Waals surface area contributed by atoms with Crippen LogP contribution < -0.4 is 10.2 Å². The van der Waals surface area contributed by atoms with Gasteiger partial charge in [0.15, 0.2) is 12.4 Å². The Kier molecular flexibility index (Phi) is 5.13. The van der Waals surface area contributed by atoms with Crippen molar-refractivity contribution in [1.29, 1.82) is 0 Å². The zero-order valence-corrected chi connectivity index (χ0v) is 10.5. The third-order valence-electron chi connectivity index (χ3n) is 1.66. The highest BCUT2D eigenvalue weighted by Gasteiger charge is 2.05. The molecule has 0 fully saturated rings. The van der Waals surface area contributed by atoms with Crippen LogP contribution >= 0.6 is 23.5 Å². The van der Waals surface area contributed by atoms with E-state index in [1.54, 1.807) is 0 Å². The quantitative estimate of drug-likeness (QED) is 0.283. The maximum atomic E-state index is 11.5. The summed E-state index contributed by atoms with van der Waals surface area (Å²) in [6.07, 6.45) is 6.29. The Morgan fingerprint density at radius 1 is 1.38 bits per heavy atom. The topological polar surface area (TPSA) is 68.4 Å². The molecule has 86 valence electrons. The Balaban J connectivity index is 2.66. The van der Waals surface area contributed by atoms with E-state index in [1.165, 1.54) is 48.1 Å². The first-order valence-corrected chi connectivity index (χ1v) is 6.77. The Morgan fingerprint density at radius 3 is 2.44 bits per heavy atom. The molecule has 0 unspecified atom stereocenters. The van der Waals surface area contributed by atoms with Crippen LogP contribution in [0.1, 0.15) is 10.4 Å². The van der Waals surface area contributed by atoms with E-state index in [9.17, 15) is 10.0 Å². The van der Waals surface area contributed by atoms with Gasteiger partial charge in [0, 0.05) is 12.1 Å². The molecule has 0 aliphatic rings. The summed E-state index contributed by atoms with van der Waals surface area (Å²) < 4.78 is 1.39. The normalized spacial score (nSPS) is 9.62. The first-order valence-electron chi connectivity index (χ1n) is 4.32. The van der Waals surface area contributed by atoms with E-state index >= 15 is 0 Å². The van der Waals surface area contributed by atoms with E-state index in [4.69, 9.17) is 0 Å². The van der Waals surface area contributed by atoms with E-state index in [0.29, 0.717) is 10.3 Å². The number of carbonyl (C=O) groups excluding carboxylic acids is 1. The monoisotopic (exact) mass is 257 g/mol. The molecule has 1 amide bonds. The molecule has 1 aromatic rings. The molecule has 1 aromatic heterocycles. The Morgan fingerprint density at radius 2 is 1.94 bits per heavy atom. The minimum atomic E-state index is -0.332. The number of hydrazone groups is 1. The summed E-state index contributed by atoms with van der Waals surface area (Å²) in [6.45, 7) is 0. The fourth-order valence-corrected chi connectivity index (χ4v) is 1.84. The number of amides is 1. The Bertz CT molecular complexity index is 386. The van der Waals surface area contributed by atoms with Crippen molar-refractivity contribution in [3.63, 3.8) is 0 Å². The zero-order chi connectivity index (χ0) is 12.0. The Hall–Kier alpha value is -1.21. The molecule has 16 heavy (non-hydrogen) atoms. The summed E-state index contributed by atoms with van der Waals surface area (Å²) in [6, 6.07) is 2.88. The zero-order valence-electron chi connectivity index (χ0n) is 8.84. The highest BCUT2D eigenvalue weighted by atomic mass is 32.2. The summed E-state index contributed by atoms with van der Waals surface area (Å²) in [5.41, 5.74) is 2.82. The van der Waals surface area contributed by atoms with Crippen LogP contribution in [0.15, 0.2) is 29.6 Å². The molecular formula is C9H11N3O2S2. The molecule has 0 radical (unpaired) electrons. The lowest BCUT2D eigenvalue weighted by Crippen LogP contribution is -2.26. The molecule has 1 rings (SSSR count).